The molecule has 0 fully saturated rings. The molecule has 0 saturated carbocycles. The summed E-state index contributed by atoms with van der Waals surface area (Å²) in [5.74, 6) is 15.1. The van der Waals surface area contributed by atoms with Crippen molar-refractivity contribution in [1.29, 1.82) is 10.5 Å². The molecule has 0 aromatic heterocycles. The quantitative estimate of drug-likeness (QED) is 0.177. The van der Waals surface area contributed by atoms with E-state index in [9.17, 15) is 10.5 Å². The van der Waals surface area contributed by atoms with Crippen LogP contribution >= 0.6 is 0 Å². The Morgan fingerprint density at radius 1 is 0.545 bits per heavy atom. The lowest BCUT2D eigenvalue weighted by molar-refractivity contribution is 0.227. The SMILES string of the molecule is CCCC[C@@H](CC)COc1cc(C#Cc2ccccc2C#N)c(OC[C@@H](CC)CCCC)cc1C#Cc1ccccc1C#N. The zero-order chi connectivity index (χ0) is 31.6. The number of ether oxygens (including phenoxy) is 2. The van der Waals surface area contributed by atoms with E-state index in [4.69, 9.17) is 9.47 Å². The Morgan fingerprint density at radius 3 is 1.25 bits per heavy atom. The fourth-order valence-electron chi connectivity index (χ4n) is 4.85. The highest BCUT2D eigenvalue weighted by Gasteiger charge is 2.15. The first kappa shape index (κ1) is 33.9. The Hall–Kier alpha value is -4.64. The summed E-state index contributed by atoms with van der Waals surface area (Å²) in [4.78, 5) is 0. The van der Waals surface area contributed by atoms with Crippen molar-refractivity contribution in [2.24, 2.45) is 11.8 Å². The molecule has 0 bridgehead atoms. The number of unbranched alkanes of at least 4 members (excludes halogenated alkanes) is 2. The van der Waals surface area contributed by atoms with E-state index in [1.54, 1.807) is 12.1 Å². The van der Waals surface area contributed by atoms with Gasteiger partial charge in [0.1, 0.15) is 23.6 Å². The molecular formula is C40H44N2O2. The van der Waals surface area contributed by atoms with E-state index < -0.39 is 0 Å². The number of hydrogen-bond donors (Lipinski definition) is 0. The first-order chi connectivity index (χ1) is 21.6. The van der Waals surface area contributed by atoms with Gasteiger partial charge in [-0.25, -0.2) is 0 Å². The lowest BCUT2D eigenvalue weighted by Crippen LogP contribution is -2.13. The second kappa shape index (κ2) is 18.8. The maximum absolute atomic E-state index is 9.59. The summed E-state index contributed by atoms with van der Waals surface area (Å²) in [6.07, 6.45) is 8.92. The van der Waals surface area contributed by atoms with Crippen molar-refractivity contribution in [1.82, 2.24) is 0 Å². The molecule has 0 N–H and O–H groups in total. The van der Waals surface area contributed by atoms with E-state index in [0.29, 0.717) is 69.9 Å². The van der Waals surface area contributed by atoms with Gasteiger partial charge in [-0.1, -0.05) is 114 Å². The van der Waals surface area contributed by atoms with Crippen molar-refractivity contribution in [2.75, 3.05) is 13.2 Å². The average Bonchev–Trinajstić information content (AvgIpc) is 3.07. The first-order valence-electron chi connectivity index (χ1n) is 16.0. The zero-order valence-electron chi connectivity index (χ0n) is 26.7. The molecule has 4 heteroatoms. The highest BCUT2D eigenvalue weighted by molar-refractivity contribution is 5.62. The average molecular weight is 585 g/mol. The Bertz CT molecular complexity index is 1450. The van der Waals surface area contributed by atoms with Crippen LogP contribution in [0.5, 0.6) is 11.5 Å². The van der Waals surface area contributed by atoms with Gasteiger partial charge in [-0.3, -0.25) is 0 Å². The second-order valence-corrected chi connectivity index (χ2v) is 11.1. The highest BCUT2D eigenvalue weighted by Crippen LogP contribution is 2.31. The Labute approximate surface area is 265 Å². The summed E-state index contributed by atoms with van der Waals surface area (Å²) in [5, 5.41) is 19.2. The lowest BCUT2D eigenvalue weighted by Gasteiger charge is -2.19. The number of nitrogens with zero attached hydrogens (tertiary/aromatic N) is 2. The third-order valence-electron chi connectivity index (χ3n) is 7.88. The molecule has 0 heterocycles. The van der Waals surface area contributed by atoms with Crippen molar-refractivity contribution in [3.8, 4) is 47.3 Å². The predicted molar refractivity (Wildman–Crippen MR) is 178 cm³/mol. The zero-order valence-corrected chi connectivity index (χ0v) is 26.7. The Balaban J connectivity index is 2.12. The van der Waals surface area contributed by atoms with Crippen molar-refractivity contribution >= 4 is 0 Å². The van der Waals surface area contributed by atoms with Crippen LogP contribution in [0, 0.1) is 58.2 Å². The van der Waals surface area contributed by atoms with Gasteiger partial charge in [0.25, 0.3) is 0 Å². The summed E-state index contributed by atoms with van der Waals surface area (Å²) in [7, 11) is 0. The topological polar surface area (TPSA) is 66.0 Å². The summed E-state index contributed by atoms with van der Waals surface area (Å²) in [6, 6.07) is 23.0. The first-order valence-corrected chi connectivity index (χ1v) is 16.0. The van der Waals surface area contributed by atoms with E-state index in [1.807, 2.05) is 48.5 Å². The van der Waals surface area contributed by atoms with Crippen LogP contribution in [0.1, 0.15) is 112 Å². The molecule has 0 aliphatic carbocycles. The Morgan fingerprint density at radius 2 is 0.909 bits per heavy atom. The monoisotopic (exact) mass is 584 g/mol. The van der Waals surface area contributed by atoms with Gasteiger partial charge in [0, 0.05) is 23.3 Å². The third-order valence-corrected chi connectivity index (χ3v) is 7.88. The summed E-state index contributed by atoms with van der Waals surface area (Å²) < 4.78 is 13.0. The molecule has 0 amide bonds. The molecule has 0 aliphatic heterocycles. The summed E-state index contributed by atoms with van der Waals surface area (Å²) >= 11 is 0. The van der Waals surface area contributed by atoms with Crippen LogP contribution in [0.25, 0.3) is 0 Å². The maximum atomic E-state index is 9.59. The molecule has 0 spiro atoms. The van der Waals surface area contributed by atoms with Crippen LogP contribution in [0.4, 0.5) is 0 Å². The molecule has 0 saturated heterocycles. The molecule has 0 aliphatic rings. The summed E-state index contributed by atoms with van der Waals surface area (Å²) in [5.41, 5.74) is 3.79. The molecule has 3 rings (SSSR count). The second-order valence-electron chi connectivity index (χ2n) is 11.1. The van der Waals surface area contributed by atoms with Gasteiger partial charge in [-0.05, 0) is 48.9 Å². The largest absolute Gasteiger partial charge is 0.492 e. The third kappa shape index (κ3) is 10.3. The molecule has 226 valence electrons. The smallest absolute Gasteiger partial charge is 0.136 e. The van der Waals surface area contributed by atoms with Crippen LogP contribution < -0.4 is 9.47 Å². The number of rotatable bonds is 14. The molecule has 2 atom stereocenters. The molecule has 44 heavy (non-hydrogen) atoms. The van der Waals surface area contributed by atoms with E-state index in [1.165, 1.54) is 0 Å². The Kier molecular flexibility index (Phi) is 14.5. The maximum Gasteiger partial charge on any atom is 0.136 e. The fourth-order valence-corrected chi connectivity index (χ4v) is 4.85. The van der Waals surface area contributed by atoms with Gasteiger partial charge in [-0.2, -0.15) is 10.5 Å². The van der Waals surface area contributed by atoms with Gasteiger partial charge in [0.2, 0.25) is 0 Å². The number of benzene rings is 3. The molecule has 3 aromatic carbocycles. The van der Waals surface area contributed by atoms with Crippen molar-refractivity contribution < 1.29 is 9.47 Å². The van der Waals surface area contributed by atoms with E-state index in [2.05, 4.69) is 63.5 Å². The molecule has 0 unspecified atom stereocenters. The van der Waals surface area contributed by atoms with E-state index in [-0.39, 0.29) is 0 Å². The van der Waals surface area contributed by atoms with Crippen LogP contribution in [0.15, 0.2) is 60.7 Å². The van der Waals surface area contributed by atoms with Crippen molar-refractivity contribution in [3.63, 3.8) is 0 Å². The lowest BCUT2D eigenvalue weighted by atomic mass is 10.00. The molecular weight excluding hydrogens is 540 g/mol. The minimum Gasteiger partial charge on any atom is -0.492 e. The van der Waals surface area contributed by atoms with Crippen LogP contribution in [0.3, 0.4) is 0 Å². The van der Waals surface area contributed by atoms with E-state index in [0.717, 1.165) is 51.4 Å². The standard InChI is InChI=1S/C40H44N2O2/c1-5-9-15-31(7-3)29-43-39-25-36(24-22-34-18-12-14-20-38(34)28-42)40(44-30-32(8-4)16-10-6-2)26-35(39)23-21-33-17-11-13-19-37(33)27-41/h11-14,17-20,25-26,31-32H,5-10,15-16,29-30H2,1-4H3/t31-,32+. The minimum absolute atomic E-state index is 0.437. The van der Waals surface area contributed by atoms with E-state index >= 15 is 0 Å². The van der Waals surface area contributed by atoms with Gasteiger partial charge in [0.15, 0.2) is 0 Å². The van der Waals surface area contributed by atoms with Gasteiger partial charge in [0.05, 0.1) is 35.5 Å². The van der Waals surface area contributed by atoms with Crippen LogP contribution in [-0.4, -0.2) is 13.2 Å². The fraction of sp³-hybridized carbons (Fsp3) is 0.400. The highest BCUT2D eigenvalue weighted by atomic mass is 16.5. The molecule has 4 nitrogen and oxygen atoms in total. The molecule has 0 radical (unpaired) electrons. The molecule has 3 aromatic rings. The van der Waals surface area contributed by atoms with Crippen LogP contribution in [0.2, 0.25) is 0 Å². The van der Waals surface area contributed by atoms with Gasteiger partial charge >= 0.3 is 0 Å². The predicted octanol–water partition coefficient (Wildman–Crippen LogP) is 9.42. The van der Waals surface area contributed by atoms with Crippen molar-refractivity contribution in [2.45, 2.75) is 79.1 Å². The minimum atomic E-state index is 0.437. The van der Waals surface area contributed by atoms with Crippen molar-refractivity contribution in [3.05, 3.63) is 94.0 Å². The van der Waals surface area contributed by atoms with Gasteiger partial charge in [-0.15, -0.1) is 0 Å². The summed E-state index contributed by atoms with van der Waals surface area (Å²) in [6.45, 7) is 9.98. The van der Waals surface area contributed by atoms with Crippen LogP contribution in [-0.2, 0) is 0 Å². The number of nitriles is 2. The number of hydrogen-bond acceptors (Lipinski definition) is 4. The van der Waals surface area contributed by atoms with Gasteiger partial charge < -0.3 is 9.47 Å². The normalized spacial score (nSPS) is 11.5.